The van der Waals surface area contributed by atoms with Crippen molar-refractivity contribution in [2.75, 3.05) is 6.54 Å². The van der Waals surface area contributed by atoms with Crippen molar-refractivity contribution in [2.45, 2.75) is 57.3 Å². The molecule has 8 nitrogen and oxygen atoms in total. The lowest BCUT2D eigenvalue weighted by Gasteiger charge is -2.28. The van der Waals surface area contributed by atoms with Crippen molar-refractivity contribution in [3.05, 3.63) is 35.9 Å². The van der Waals surface area contributed by atoms with Crippen LogP contribution >= 0.6 is 0 Å². The van der Waals surface area contributed by atoms with Crippen LogP contribution in [-0.2, 0) is 25.6 Å². The molecule has 4 N–H and O–H groups in total. The summed E-state index contributed by atoms with van der Waals surface area (Å²) >= 11 is 0. The summed E-state index contributed by atoms with van der Waals surface area (Å²) in [6.07, 6.45) is 2.29. The van der Waals surface area contributed by atoms with Crippen LogP contribution in [0.2, 0.25) is 0 Å². The molecule has 0 aromatic heterocycles. The number of carbonyl (C=O) groups is 4. The fourth-order valence-electron chi connectivity index (χ4n) is 3.24. The molecule has 1 heterocycles. The zero-order valence-corrected chi connectivity index (χ0v) is 16.3. The number of hydrogen-bond donors (Lipinski definition) is 3. The number of benzene rings is 1. The number of nitrogens with one attached hydrogen (secondary N) is 2. The average molecular weight is 388 g/mol. The maximum atomic E-state index is 12.7. The van der Waals surface area contributed by atoms with Crippen LogP contribution in [-0.4, -0.2) is 59.6 Å². The van der Waals surface area contributed by atoms with E-state index in [1.807, 2.05) is 30.3 Å². The third-order valence-corrected chi connectivity index (χ3v) is 4.77. The lowest BCUT2D eigenvalue weighted by molar-refractivity contribution is -0.141. The van der Waals surface area contributed by atoms with E-state index in [9.17, 15) is 19.2 Å². The number of nitrogens with two attached hydrogens (primary N) is 1. The minimum Gasteiger partial charge on any atom is -0.344 e. The molecule has 1 aromatic rings. The predicted octanol–water partition coefficient (Wildman–Crippen LogP) is -0.244. The van der Waals surface area contributed by atoms with Crippen molar-refractivity contribution >= 4 is 24.0 Å². The van der Waals surface area contributed by atoms with Crippen LogP contribution < -0.4 is 16.4 Å². The highest BCUT2D eigenvalue weighted by molar-refractivity contribution is 5.93. The molecule has 0 saturated carbocycles. The van der Waals surface area contributed by atoms with Gasteiger partial charge in [0.15, 0.2) is 0 Å². The summed E-state index contributed by atoms with van der Waals surface area (Å²) in [6.45, 7) is 3.53. The SMILES string of the molecule is C[C@H](N)C(=O)N[C@@H](C)C(=O)N1CCC[C@H]1C(=O)N[C@H](C=O)Cc1ccccc1. The Hall–Kier alpha value is -2.74. The second-order valence-electron chi connectivity index (χ2n) is 7.15. The minimum atomic E-state index is -0.780. The Bertz CT molecular complexity index is 707. The Kier molecular flexibility index (Phi) is 7.69. The maximum Gasteiger partial charge on any atom is 0.245 e. The smallest absolute Gasteiger partial charge is 0.245 e. The van der Waals surface area contributed by atoms with Crippen molar-refractivity contribution in [3.63, 3.8) is 0 Å². The molecule has 1 aliphatic rings. The van der Waals surface area contributed by atoms with Gasteiger partial charge in [-0.3, -0.25) is 14.4 Å². The van der Waals surface area contributed by atoms with E-state index in [0.717, 1.165) is 5.56 Å². The number of amides is 3. The first kappa shape index (κ1) is 21.6. The fraction of sp³-hybridized carbons (Fsp3) is 0.500. The third-order valence-electron chi connectivity index (χ3n) is 4.77. The first-order valence-electron chi connectivity index (χ1n) is 9.49. The molecule has 1 aliphatic heterocycles. The van der Waals surface area contributed by atoms with Gasteiger partial charge in [-0.05, 0) is 38.7 Å². The van der Waals surface area contributed by atoms with Crippen LogP contribution in [0.1, 0.15) is 32.3 Å². The summed E-state index contributed by atoms with van der Waals surface area (Å²) in [4.78, 5) is 50.0. The van der Waals surface area contributed by atoms with E-state index in [4.69, 9.17) is 5.73 Å². The maximum absolute atomic E-state index is 12.7. The van der Waals surface area contributed by atoms with E-state index in [2.05, 4.69) is 10.6 Å². The molecule has 0 radical (unpaired) electrons. The lowest BCUT2D eigenvalue weighted by atomic mass is 10.1. The summed E-state index contributed by atoms with van der Waals surface area (Å²) in [5.74, 6) is -1.12. The van der Waals surface area contributed by atoms with E-state index >= 15 is 0 Å². The lowest BCUT2D eigenvalue weighted by Crippen LogP contribution is -2.55. The minimum absolute atomic E-state index is 0.336. The molecule has 8 heteroatoms. The number of hydrogen-bond acceptors (Lipinski definition) is 5. The standard InChI is InChI=1S/C20H28N4O4/c1-13(21)18(26)22-14(2)20(28)24-10-6-9-17(24)19(27)23-16(12-25)11-15-7-4-3-5-8-15/h3-5,7-8,12-14,16-17H,6,9-11,21H2,1-2H3,(H,22,26)(H,23,27)/t13-,14-,16-,17-/m0/s1. The molecular weight excluding hydrogens is 360 g/mol. The number of carbonyl (C=O) groups excluding carboxylic acids is 4. The van der Waals surface area contributed by atoms with Crippen molar-refractivity contribution in [1.29, 1.82) is 0 Å². The van der Waals surface area contributed by atoms with E-state index in [0.29, 0.717) is 32.1 Å². The predicted molar refractivity (Wildman–Crippen MR) is 104 cm³/mol. The van der Waals surface area contributed by atoms with Crippen molar-refractivity contribution in [3.8, 4) is 0 Å². The molecule has 1 aromatic carbocycles. The Morgan fingerprint density at radius 3 is 2.50 bits per heavy atom. The van der Waals surface area contributed by atoms with Gasteiger partial charge in [0.05, 0.1) is 12.1 Å². The van der Waals surface area contributed by atoms with Gasteiger partial charge < -0.3 is 26.1 Å². The summed E-state index contributed by atoms with van der Waals surface area (Å²) < 4.78 is 0. The van der Waals surface area contributed by atoms with Gasteiger partial charge in [-0.2, -0.15) is 0 Å². The van der Waals surface area contributed by atoms with Gasteiger partial charge in [0.2, 0.25) is 17.7 Å². The number of likely N-dealkylation sites (tertiary alicyclic amines) is 1. The van der Waals surface area contributed by atoms with E-state index in [-0.39, 0.29) is 11.8 Å². The topological polar surface area (TPSA) is 122 Å². The average Bonchev–Trinajstić information content (AvgIpc) is 3.17. The largest absolute Gasteiger partial charge is 0.344 e. The third kappa shape index (κ3) is 5.63. The summed E-state index contributed by atoms with van der Waals surface area (Å²) in [5.41, 5.74) is 6.45. The normalized spacial score (nSPS) is 19.4. The molecule has 2 rings (SSSR count). The first-order chi connectivity index (χ1) is 13.3. The Morgan fingerprint density at radius 1 is 1.21 bits per heavy atom. The highest BCUT2D eigenvalue weighted by Crippen LogP contribution is 2.19. The number of nitrogens with zero attached hydrogens (tertiary/aromatic N) is 1. The zero-order valence-electron chi connectivity index (χ0n) is 16.3. The monoisotopic (exact) mass is 388 g/mol. The van der Waals surface area contributed by atoms with Crippen molar-refractivity contribution in [2.24, 2.45) is 5.73 Å². The second kappa shape index (κ2) is 9.98. The Labute approximate surface area is 164 Å². The summed E-state index contributed by atoms with van der Waals surface area (Å²) in [7, 11) is 0. The van der Waals surface area contributed by atoms with Gasteiger partial charge in [0, 0.05) is 6.54 Å². The molecule has 1 saturated heterocycles. The van der Waals surface area contributed by atoms with Crippen LogP contribution in [0.25, 0.3) is 0 Å². The van der Waals surface area contributed by atoms with Crippen molar-refractivity contribution in [1.82, 2.24) is 15.5 Å². The molecular formula is C20H28N4O4. The quantitative estimate of drug-likeness (QED) is 0.531. The molecule has 0 unspecified atom stereocenters. The van der Waals surface area contributed by atoms with E-state index in [1.165, 1.54) is 11.8 Å². The summed E-state index contributed by atoms with van der Waals surface area (Å²) in [6, 6.07) is 6.57. The van der Waals surface area contributed by atoms with E-state index in [1.54, 1.807) is 6.92 Å². The van der Waals surface area contributed by atoms with Gasteiger partial charge in [0.1, 0.15) is 18.4 Å². The molecule has 1 fully saturated rings. The number of aldehydes is 1. The van der Waals surface area contributed by atoms with Crippen LogP contribution in [0.3, 0.4) is 0 Å². The van der Waals surface area contributed by atoms with Gasteiger partial charge in [-0.1, -0.05) is 30.3 Å². The van der Waals surface area contributed by atoms with Crippen LogP contribution in [0, 0.1) is 0 Å². The summed E-state index contributed by atoms with van der Waals surface area (Å²) in [5, 5.41) is 5.29. The highest BCUT2D eigenvalue weighted by atomic mass is 16.2. The molecule has 4 atom stereocenters. The van der Waals surface area contributed by atoms with Crippen LogP contribution in [0.15, 0.2) is 30.3 Å². The molecule has 0 bridgehead atoms. The fourth-order valence-corrected chi connectivity index (χ4v) is 3.24. The van der Waals surface area contributed by atoms with Gasteiger partial charge in [0.25, 0.3) is 0 Å². The molecule has 3 amide bonds. The first-order valence-corrected chi connectivity index (χ1v) is 9.49. The second-order valence-corrected chi connectivity index (χ2v) is 7.15. The molecule has 0 aliphatic carbocycles. The molecule has 152 valence electrons. The van der Waals surface area contributed by atoms with E-state index < -0.39 is 30.1 Å². The van der Waals surface area contributed by atoms with Crippen LogP contribution in [0.5, 0.6) is 0 Å². The molecule has 0 spiro atoms. The zero-order chi connectivity index (χ0) is 20.7. The van der Waals surface area contributed by atoms with Crippen molar-refractivity contribution < 1.29 is 19.2 Å². The molecule has 28 heavy (non-hydrogen) atoms. The highest BCUT2D eigenvalue weighted by Gasteiger charge is 2.37. The van der Waals surface area contributed by atoms with Gasteiger partial charge in [-0.15, -0.1) is 0 Å². The Balaban J connectivity index is 1.98. The Morgan fingerprint density at radius 2 is 1.89 bits per heavy atom. The number of rotatable bonds is 8. The van der Waals surface area contributed by atoms with Gasteiger partial charge >= 0.3 is 0 Å². The van der Waals surface area contributed by atoms with Gasteiger partial charge in [-0.25, -0.2) is 0 Å². The van der Waals surface area contributed by atoms with Crippen LogP contribution in [0.4, 0.5) is 0 Å².